The number of hydrogen-bond acceptors (Lipinski definition) is 2. The number of hydrogen-bond donors (Lipinski definition) is 1. The molecule has 1 saturated heterocycles. The van der Waals surface area contributed by atoms with E-state index in [1.807, 2.05) is 6.92 Å². The van der Waals surface area contributed by atoms with Crippen molar-refractivity contribution in [3.8, 4) is 0 Å². The summed E-state index contributed by atoms with van der Waals surface area (Å²) in [5.41, 5.74) is 2.40. The maximum absolute atomic E-state index is 13.8. The summed E-state index contributed by atoms with van der Waals surface area (Å²) in [5.74, 6) is -1.29. The highest BCUT2D eigenvalue weighted by Gasteiger charge is 2.35. The van der Waals surface area contributed by atoms with E-state index in [1.54, 1.807) is 37.3 Å². The second-order valence-corrected chi connectivity index (χ2v) is 6.65. The van der Waals surface area contributed by atoms with E-state index in [0.29, 0.717) is 22.0 Å². The van der Waals surface area contributed by atoms with E-state index < -0.39 is 5.92 Å². The van der Waals surface area contributed by atoms with E-state index in [-0.39, 0.29) is 30.6 Å². The lowest BCUT2D eigenvalue weighted by atomic mass is 10.1. The van der Waals surface area contributed by atoms with Gasteiger partial charge in [-0.05, 0) is 49.2 Å². The van der Waals surface area contributed by atoms with Crippen molar-refractivity contribution in [2.45, 2.75) is 20.3 Å². The van der Waals surface area contributed by atoms with Gasteiger partial charge in [-0.15, -0.1) is 0 Å². The largest absolute Gasteiger partial charge is 0.325 e. The SMILES string of the molecule is Cc1ccc(N2C[C@@H](C(=O)Nc3cccc(Cl)c3C)CC2=O)cc1F. The lowest BCUT2D eigenvalue weighted by Crippen LogP contribution is -2.28. The molecule has 0 aliphatic carbocycles. The number of nitrogens with one attached hydrogen (secondary N) is 1. The summed E-state index contributed by atoms with van der Waals surface area (Å²) < 4.78 is 13.8. The van der Waals surface area contributed by atoms with Crippen LogP contribution >= 0.6 is 11.6 Å². The summed E-state index contributed by atoms with van der Waals surface area (Å²) in [7, 11) is 0. The molecule has 4 nitrogen and oxygen atoms in total. The molecule has 130 valence electrons. The second-order valence-electron chi connectivity index (χ2n) is 6.24. The van der Waals surface area contributed by atoms with Gasteiger partial charge in [0.15, 0.2) is 0 Å². The standard InChI is InChI=1S/C19H18ClFN2O2/c1-11-6-7-14(9-16(11)21)23-10-13(8-18(23)24)19(25)22-17-5-3-4-15(20)12(17)2/h3-7,9,13H,8,10H2,1-2H3,(H,22,25)/t13-/m0/s1. The number of carbonyl (C=O) groups excluding carboxylic acids is 2. The summed E-state index contributed by atoms with van der Waals surface area (Å²) >= 11 is 6.06. The fourth-order valence-electron chi connectivity index (χ4n) is 2.86. The molecule has 0 bridgehead atoms. The molecule has 2 aromatic rings. The first-order valence-corrected chi connectivity index (χ1v) is 8.37. The molecule has 0 aromatic heterocycles. The molecular formula is C19H18ClFN2O2. The smallest absolute Gasteiger partial charge is 0.229 e. The Morgan fingerprint density at radius 2 is 2.04 bits per heavy atom. The third-order valence-electron chi connectivity index (χ3n) is 4.49. The van der Waals surface area contributed by atoms with Crippen LogP contribution < -0.4 is 10.2 Å². The number of amides is 2. The Morgan fingerprint density at radius 1 is 1.28 bits per heavy atom. The lowest BCUT2D eigenvalue weighted by Gasteiger charge is -2.17. The van der Waals surface area contributed by atoms with Crippen molar-refractivity contribution in [1.29, 1.82) is 0 Å². The molecule has 2 aromatic carbocycles. The zero-order chi connectivity index (χ0) is 18.1. The molecule has 2 amide bonds. The zero-order valence-corrected chi connectivity index (χ0v) is 14.7. The van der Waals surface area contributed by atoms with Crippen LogP contribution in [0.1, 0.15) is 17.5 Å². The second kappa shape index (κ2) is 6.84. The Kier molecular flexibility index (Phi) is 4.77. The molecule has 6 heteroatoms. The summed E-state index contributed by atoms with van der Waals surface area (Å²) in [5, 5.41) is 3.40. The summed E-state index contributed by atoms with van der Waals surface area (Å²) in [6.45, 7) is 3.71. The van der Waals surface area contributed by atoms with Gasteiger partial charge in [0.2, 0.25) is 11.8 Å². The van der Waals surface area contributed by atoms with Crippen molar-refractivity contribution in [2.75, 3.05) is 16.8 Å². The van der Waals surface area contributed by atoms with Crippen molar-refractivity contribution in [1.82, 2.24) is 0 Å². The molecule has 3 rings (SSSR count). The van der Waals surface area contributed by atoms with Crippen molar-refractivity contribution in [3.63, 3.8) is 0 Å². The number of aryl methyl sites for hydroxylation is 1. The fourth-order valence-corrected chi connectivity index (χ4v) is 3.03. The van der Waals surface area contributed by atoms with Crippen LogP contribution in [0, 0.1) is 25.6 Å². The van der Waals surface area contributed by atoms with Gasteiger partial charge in [-0.2, -0.15) is 0 Å². The number of rotatable bonds is 3. The monoisotopic (exact) mass is 360 g/mol. The van der Waals surface area contributed by atoms with Gasteiger partial charge in [0.05, 0.1) is 5.92 Å². The maximum atomic E-state index is 13.8. The normalized spacial score (nSPS) is 17.0. The van der Waals surface area contributed by atoms with Crippen LogP contribution in [0.25, 0.3) is 0 Å². The maximum Gasteiger partial charge on any atom is 0.229 e. The quantitative estimate of drug-likeness (QED) is 0.896. The first-order valence-electron chi connectivity index (χ1n) is 7.99. The Labute approximate surface area is 150 Å². The highest BCUT2D eigenvalue weighted by Crippen LogP contribution is 2.28. The molecule has 1 atom stereocenters. The van der Waals surface area contributed by atoms with Crippen LogP contribution in [0.5, 0.6) is 0 Å². The first-order chi connectivity index (χ1) is 11.9. The Balaban J connectivity index is 1.74. The van der Waals surface area contributed by atoms with Crippen LogP contribution in [0.2, 0.25) is 5.02 Å². The molecular weight excluding hydrogens is 343 g/mol. The van der Waals surface area contributed by atoms with Crippen LogP contribution in [0.4, 0.5) is 15.8 Å². The summed E-state index contributed by atoms with van der Waals surface area (Å²) in [4.78, 5) is 26.2. The van der Waals surface area contributed by atoms with Gasteiger partial charge in [0.1, 0.15) is 5.82 Å². The van der Waals surface area contributed by atoms with Gasteiger partial charge in [0, 0.05) is 29.4 Å². The molecule has 0 unspecified atom stereocenters. The fraction of sp³-hybridized carbons (Fsp3) is 0.263. The molecule has 1 heterocycles. The van der Waals surface area contributed by atoms with E-state index >= 15 is 0 Å². The van der Waals surface area contributed by atoms with E-state index in [2.05, 4.69) is 5.32 Å². The summed E-state index contributed by atoms with van der Waals surface area (Å²) in [6.07, 6.45) is 0.0982. The lowest BCUT2D eigenvalue weighted by molar-refractivity contribution is -0.122. The van der Waals surface area contributed by atoms with E-state index in [1.165, 1.54) is 11.0 Å². The molecule has 0 saturated carbocycles. The minimum absolute atomic E-state index is 0.0982. The third kappa shape index (κ3) is 3.51. The van der Waals surface area contributed by atoms with Crippen LogP contribution in [-0.4, -0.2) is 18.4 Å². The zero-order valence-electron chi connectivity index (χ0n) is 14.0. The van der Waals surface area contributed by atoms with Crippen molar-refractivity contribution in [2.24, 2.45) is 5.92 Å². The average molecular weight is 361 g/mol. The molecule has 0 radical (unpaired) electrons. The Hall–Kier alpha value is -2.40. The number of carbonyl (C=O) groups is 2. The predicted molar refractivity (Wildman–Crippen MR) is 96.4 cm³/mol. The van der Waals surface area contributed by atoms with Gasteiger partial charge in [-0.25, -0.2) is 4.39 Å². The molecule has 1 fully saturated rings. The van der Waals surface area contributed by atoms with Crippen LogP contribution in [-0.2, 0) is 9.59 Å². The van der Waals surface area contributed by atoms with Gasteiger partial charge in [0.25, 0.3) is 0 Å². The topological polar surface area (TPSA) is 49.4 Å². The van der Waals surface area contributed by atoms with E-state index in [0.717, 1.165) is 5.56 Å². The number of nitrogens with zero attached hydrogens (tertiary/aromatic N) is 1. The van der Waals surface area contributed by atoms with E-state index in [4.69, 9.17) is 11.6 Å². The molecule has 1 N–H and O–H groups in total. The number of benzene rings is 2. The van der Waals surface area contributed by atoms with Crippen molar-refractivity contribution >= 4 is 34.8 Å². The molecule has 1 aliphatic rings. The minimum atomic E-state index is -0.491. The van der Waals surface area contributed by atoms with Crippen molar-refractivity contribution in [3.05, 3.63) is 58.4 Å². The Bertz CT molecular complexity index is 853. The highest BCUT2D eigenvalue weighted by molar-refractivity contribution is 6.31. The third-order valence-corrected chi connectivity index (χ3v) is 4.90. The predicted octanol–water partition coefficient (Wildman–Crippen LogP) is 4.09. The average Bonchev–Trinajstić information content (AvgIpc) is 2.96. The number of anilines is 2. The van der Waals surface area contributed by atoms with Crippen molar-refractivity contribution < 1.29 is 14.0 Å². The Morgan fingerprint density at radius 3 is 2.76 bits per heavy atom. The van der Waals surface area contributed by atoms with Gasteiger partial charge in [-0.1, -0.05) is 23.7 Å². The first kappa shape index (κ1) is 17.4. The van der Waals surface area contributed by atoms with E-state index in [9.17, 15) is 14.0 Å². The van der Waals surface area contributed by atoms with Crippen LogP contribution in [0.3, 0.4) is 0 Å². The van der Waals surface area contributed by atoms with Gasteiger partial charge in [-0.3, -0.25) is 9.59 Å². The van der Waals surface area contributed by atoms with Gasteiger partial charge < -0.3 is 10.2 Å². The highest BCUT2D eigenvalue weighted by atomic mass is 35.5. The molecule has 1 aliphatic heterocycles. The summed E-state index contributed by atoms with van der Waals surface area (Å²) in [6, 6.07) is 9.92. The molecule has 25 heavy (non-hydrogen) atoms. The number of halogens is 2. The van der Waals surface area contributed by atoms with Crippen LogP contribution in [0.15, 0.2) is 36.4 Å². The van der Waals surface area contributed by atoms with Gasteiger partial charge >= 0.3 is 0 Å². The molecule has 0 spiro atoms. The minimum Gasteiger partial charge on any atom is -0.325 e.